The lowest BCUT2D eigenvalue weighted by atomic mass is 9.34. The molecule has 1 amide bonds. The van der Waals surface area contributed by atoms with Crippen molar-refractivity contribution in [2.24, 2.45) is 15.9 Å². The predicted molar refractivity (Wildman–Crippen MR) is 112 cm³/mol. The third-order valence-electron chi connectivity index (χ3n) is 7.18. The summed E-state index contributed by atoms with van der Waals surface area (Å²) in [5.74, 6) is -1.31. The number of hydrogen-bond donors (Lipinski definition) is 0. The SMILES string of the molecule is Cc1ccc2c(cnn2CC23CC(C(=O)N4N=CC[C@H]4c4cc(F)cc(F)c4)(C2)C3)c1. The molecule has 4 aliphatic rings. The molecule has 1 aliphatic heterocycles. The molecule has 1 atom stereocenters. The fourth-order valence-electron chi connectivity index (χ4n) is 5.94. The van der Waals surface area contributed by atoms with Gasteiger partial charge in [0.1, 0.15) is 11.6 Å². The van der Waals surface area contributed by atoms with Crippen molar-refractivity contribution >= 4 is 23.0 Å². The zero-order valence-electron chi connectivity index (χ0n) is 17.2. The molecule has 3 fully saturated rings. The van der Waals surface area contributed by atoms with E-state index in [0.717, 1.165) is 42.8 Å². The maximum Gasteiger partial charge on any atom is 0.249 e. The van der Waals surface area contributed by atoms with Crippen LogP contribution in [0.25, 0.3) is 10.9 Å². The third kappa shape index (κ3) is 2.75. The Morgan fingerprint density at radius 1 is 1.13 bits per heavy atom. The van der Waals surface area contributed by atoms with E-state index in [0.29, 0.717) is 12.0 Å². The van der Waals surface area contributed by atoms with Crippen molar-refractivity contribution in [3.8, 4) is 0 Å². The molecule has 2 aromatic carbocycles. The highest BCUT2D eigenvalue weighted by atomic mass is 19.1. The Kier molecular flexibility index (Phi) is 3.74. The topological polar surface area (TPSA) is 50.5 Å². The number of carbonyl (C=O) groups excluding carboxylic acids is 1. The molecular formula is C24H22F2N4O. The second-order valence-corrected chi connectivity index (χ2v) is 9.58. The van der Waals surface area contributed by atoms with Crippen molar-refractivity contribution in [1.29, 1.82) is 0 Å². The number of aromatic nitrogens is 2. The molecule has 31 heavy (non-hydrogen) atoms. The Hall–Kier alpha value is -3.09. The minimum Gasteiger partial charge on any atom is -0.272 e. The van der Waals surface area contributed by atoms with Crippen molar-refractivity contribution in [2.75, 3.05) is 0 Å². The number of nitrogens with zero attached hydrogens (tertiary/aromatic N) is 4. The fraction of sp³-hybridized carbons (Fsp3) is 0.375. The van der Waals surface area contributed by atoms with Crippen LogP contribution in [0.4, 0.5) is 8.78 Å². The summed E-state index contributed by atoms with van der Waals surface area (Å²) < 4.78 is 29.5. The fourth-order valence-corrected chi connectivity index (χ4v) is 5.94. The number of halogens is 2. The monoisotopic (exact) mass is 420 g/mol. The first kappa shape index (κ1) is 18.7. The van der Waals surface area contributed by atoms with E-state index in [1.807, 2.05) is 6.20 Å². The van der Waals surface area contributed by atoms with Gasteiger partial charge in [-0.15, -0.1) is 0 Å². The molecule has 3 aromatic rings. The molecule has 7 rings (SSSR count). The number of hydrazone groups is 1. The standard InChI is InChI=1S/C24H22F2N4O/c1-15-2-3-20-17(6-15)10-28-29(20)14-23-11-24(12-23,13-23)22(31)30-21(4-5-27-30)16-7-18(25)9-19(26)8-16/h2-3,5-10,21H,4,11-14H2,1H3/t21-,23?,24?/m0/s1. The molecule has 0 saturated heterocycles. The van der Waals surface area contributed by atoms with E-state index < -0.39 is 23.1 Å². The van der Waals surface area contributed by atoms with Crippen molar-refractivity contribution in [1.82, 2.24) is 14.8 Å². The van der Waals surface area contributed by atoms with Gasteiger partial charge >= 0.3 is 0 Å². The largest absolute Gasteiger partial charge is 0.272 e. The smallest absolute Gasteiger partial charge is 0.249 e. The zero-order chi connectivity index (χ0) is 21.4. The van der Waals surface area contributed by atoms with Crippen LogP contribution >= 0.6 is 0 Å². The first-order chi connectivity index (χ1) is 14.9. The average Bonchev–Trinajstić information content (AvgIpc) is 3.29. The average molecular weight is 420 g/mol. The second kappa shape index (κ2) is 6.22. The normalized spacial score (nSPS) is 28.6. The van der Waals surface area contributed by atoms with Crippen LogP contribution in [-0.4, -0.2) is 26.9 Å². The number of benzene rings is 2. The van der Waals surface area contributed by atoms with Crippen LogP contribution in [0.2, 0.25) is 0 Å². The summed E-state index contributed by atoms with van der Waals surface area (Å²) in [7, 11) is 0. The highest BCUT2D eigenvalue weighted by Crippen LogP contribution is 2.74. The molecule has 7 heteroatoms. The minimum atomic E-state index is -0.639. The quantitative estimate of drug-likeness (QED) is 0.612. The van der Waals surface area contributed by atoms with E-state index in [4.69, 9.17) is 0 Å². The van der Waals surface area contributed by atoms with Gasteiger partial charge in [0.25, 0.3) is 0 Å². The Morgan fingerprint density at radius 3 is 2.61 bits per heavy atom. The van der Waals surface area contributed by atoms with Crippen LogP contribution in [0.1, 0.15) is 42.9 Å². The molecule has 2 heterocycles. The van der Waals surface area contributed by atoms with Gasteiger partial charge in [-0.25, -0.2) is 13.8 Å². The highest BCUT2D eigenvalue weighted by molar-refractivity contribution is 5.88. The molecule has 5 nitrogen and oxygen atoms in total. The van der Waals surface area contributed by atoms with Gasteiger partial charge in [0.05, 0.1) is 23.2 Å². The van der Waals surface area contributed by atoms with Crippen LogP contribution in [0, 0.1) is 29.4 Å². The van der Waals surface area contributed by atoms with E-state index in [1.54, 1.807) is 6.21 Å². The lowest BCUT2D eigenvalue weighted by molar-refractivity contribution is -0.223. The zero-order valence-corrected chi connectivity index (χ0v) is 17.2. The van der Waals surface area contributed by atoms with Crippen molar-refractivity contribution in [3.05, 3.63) is 65.4 Å². The molecule has 2 bridgehead atoms. The van der Waals surface area contributed by atoms with Gasteiger partial charge in [-0.1, -0.05) is 11.6 Å². The summed E-state index contributed by atoms with van der Waals surface area (Å²) in [5, 5.41) is 11.4. The summed E-state index contributed by atoms with van der Waals surface area (Å²) in [6, 6.07) is 9.30. The van der Waals surface area contributed by atoms with Gasteiger partial charge in [-0.05, 0) is 61.4 Å². The van der Waals surface area contributed by atoms with Crippen LogP contribution in [0.15, 0.2) is 47.7 Å². The summed E-state index contributed by atoms with van der Waals surface area (Å²) in [6.07, 6.45) is 6.45. The minimum absolute atomic E-state index is 0.0289. The van der Waals surface area contributed by atoms with E-state index in [9.17, 15) is 13.6 Å². The van der Waals surface area contributed by atoms with Crippen LogP contribution in [-0.2, 0) is 11.3 Å². The number of aryl methyl sites for hydroxylation is 1. The van der Waals surface area contributed by atoms with Crippen LogP contribution in [0.5, 0.6) is 0 Å². The number of hydrogen-bond acceptors (Lipinski definition) is 3. The molecule has 0 N–H and O–H groups in total. The van der Waals surface area contributed by atoms with Crippen LogP contribution < -0.4 is 0 Å². The third-order valence-corrected chi connectivity index (χ3v) is 7.18. The number of carbonyl (C=O) groups is 1. The van der Waals surface area contributed by atoms with Gasteiger partial charge in [0, 0.05) is 30.6 Å². The molecule has 0 radical (unpaired) electrons. The Bertz CT molecular complexity index is 1220. The lowest BCUT2D eigenvalue weighted by Crippen LogP contribution is -2.68. The first-order valence-electron chi connectivity index (χ1n) is 10.6. The summed E-state index contributed by atoms with van der Waals surface area (Å²) in [5.41, 5.74) is 2.48. The number of rotatable bonds is 4. The number of fused-ring (bicyclic) bond motifs is 1. The molecule has 0 spiro atoms. The number of amides is 1. The molecule has 0 unspecified atom stereocenters. The second-order valence-electron chi connectivity index (χ2n) is 9.58. The van der Waals surface area contributed by atoms with E-state index in [2.05, 4.69) is 40.0 Å². The molecular weight excluding hydrogens is 398 g/mol. The summed E-state index contributed by atoms with van der Waals surface area (Å²) in [4.78, 5) is 13.3. The maximum absolute atomic E-state index is 13.7. The van der Waals surface area contributed by atoms with Crippen molar-refractivity contribution < 1.29 is 13.6 Å². The Morgan fingerprint density at radius 2 is 1.87 bits per heavy atom. The predicted octanol–water partition coefficient (Wildman–Crippen LogP) is 4.75. The molecule has 3 aliphatic carbocycles. The maximum atomic E-state index is 13.7. The highest BCUT2D eigenvalue weighted by Gasteiger charge is 2.72. The lowest BCUT2D eigenvalue weighted by Gasteiger charge is -2.69. The Labute approximate surface area is 178 Å². The summed E-state index contributed by atoms with van der Waals surface area (Å²) in [6.45, 7) is 2.87. The first-order valence-corrected chi connectivity index (χ1v) is 10.6. The Balaban J connectivity index is 1.18. The molecule has 3 saturated carbocycles. The molecule has 158 valence electrons. The van der Waals surface area contributed by atoms with E-state index >= 15 is 0 Å². The van der Waals surface area contributed by atoms with Gasteiger partial charge < -0.3 is 0 Å². The summed E-state index contributed by atoms with van der Waals surface area (Å²) >= 11 is 0. The van der Waals surface area contributed by atoms with E-state index in [-0.39, 0.29) is 11.3 Å². The van der Waals surface area contributed by atoms with Gasteiger partial charge in [-0.3, -0.25) is 9.48 Å². The van der Waals surface area contributed by atoms with Crippen molar-refractivity contribution in [2.45, 2.75) is 45.2 Å². The van der Waals surface area contributed by atoms with Crippen LogP contribution in [0.3, 0.4) is 0 Å². The van der Waals surface area contributed by atoms with Gasteiger partial charge in [0.2, 0.25) is 5.91 Å². The van der Waals surface area contributed by atoms with Gasteiger partial charge in [-0.2, -0.15) is 10.2 Å². The van der Waals surface area contributed by atoms with Crippen molar-refractivity contribution in [3.63, 3.8) is 0 Å². The van der Waals surface area contributed by atoms with E-state index in [1.165, 1.54) is 22.7 Å². The van der Waals surface area contributed by atoms with Gasteiger partial charge in [0.15, 0.2) is 0 Å². The molecule has 1 aromatic heterocycles.